The zero-order chi connectivity index (χ0) is 33.7. The van der Waals surface area contributed by atoms with Crippen LogP contribution in [0, 0.1) is 5.92 Å². The van der Waals surface area contributed by atoms with E-state index in [2.05, 4.69) is 22.0 Å². The molecule has 254 valence electrons. The van der Waals surface area contributed by atoms with Crippen LogP contribution in [0.25, 0.3) is 11.1 Å². The summed E-state index contributed by atoms with van der Waals surface area (Å²) < 4.78 is 36.0. The van der Waals surface area contributed by atoms with Gasteiger partial charge in [-0.05, 0) is 62.6 Å². The van der Waals surface area contributed by atoms with Crippen LogP contribution in [-0.2, 0) is 32.4 Å². The summed E-state index contributed by atoms with van der Waals surface area (Å²) >= 11 is 0. The van der Waals surface area contributed by atoms with E-state index in [1.807, 2.05) is 31.2 Å². The molecule has 3 aliphatic rings. The third kappa shape index (κ3) is 7.56. The SMILES string of the molecule is CCCCc1nc(C2CCCCC2)n(C2N=CC(OCC)=CN2)c(=O)c1Cc1ccc(-c2ccccc2S(=O)(=O)NC(=O)C2CC2)cc1. The second-order valence-corrected chi connectivity index (χ2v) is 14.6. The van der Waals surface area contributed by atoms with Crippen LogP contribution in [-0.4, -0.2) is 36.7 Å². The molecular weight excluding hydrogens is 627 g/mol. The minimum Gasteiger partial charge on any atom is -0.491 e. The largest absolute Gasteiger partial charge is 0.491 e. The summed E-state index contributed by atoms with van der Waals surface area (Å²) in [4.78, 5) is 36.9. The van der Waals surface area contributed by atoms with E-state index >= 15 is 0 Å². The lowest BCUT2D eigenvalue weighted by atomic mass is 9.88. The number of aryl methyl sites for hydroxylation is 1. The summed E-state index contributed by atoms with van der Waals surface area (Å²) in [5, 5.41) is 3.27. The van der Waals surface area contributed by atoms with E-state index in [9.17, 15) is 18.0 Å². The molecular formula is C37H45N5O5S. The Bertz CT molecular complexity index is 1860. The Morgan fingerprint density at radius 2 is 1.77 bits per heavy atom. The van der Waals surface area contributed by atoms with Crippen LogP contribution in [0.15, 0.2) is 75.2 Å². The van der Waals surface area contributed by atoms with Crippen LogP contribution in [0.2, 0.25) is 0 Å². The van der Waals surface area contributed by atoms with E-state index in [1.165, 1.54) is 12.5 Å². The van der Waals surface area contributed by atoms with E-state index in [-0.39, 0.29) is 22.3 Å². The lowest BCUT2D eigenvalue weighted by molar-refractivity contribution is -0.120. The Morgan fingerprint density at radius 3 is 2.44 bits per heavy atom. The van der Waals surface area contributed by atoms with Gasteiger partial charge in [-0.15, -0.1) is 0 Å². The van der Waals surface area contributed by atoms with Crippen molar-refractivity contribution in [2.45, 2.75) is 102 Å². The minimum absolute atomic E-state index is 0.0565. The summed E-state index contributed by atoms with van der Waals surface area (Å²) in [7, 11) is -4.04. The number of carbonyl (C=O) groups is 1. The molecule has 0 bridgehead atoms. The predicted octanol–water partition coefficient (Wildman–Crippen LogP) is 6.11. The quantitative estimate of drug-likeness (QED) is 0.224. The summed E-state index contributed by atoms with van der Waals surface area (Å²) in [5.41, 5.74) is 3.52. The van der Waals surface area contributed by atoms with Gasteiger partial charge in [0.1, 0.15) is 5.82 Å². The van der Waals surface area contributed by atoms with Gasteiger partial charge in [-0.1, -0.05) is 75.1 Å². The Morgan fingerprint density at radius 1 is 1.02 bits per heavy atom. The number of benzene rings is 2. The maximum atomic E-state index is 14.6. The number of nitrogens with one attached hydrogen (secondary N) is 2. The first kappa shape index (κ1) is 33.6. The number of sulfonamides is 1. The zero-order valence-electron chi connectivity index (χ0n) is 27.8. The number of ether oxygens (including phenoxy) is 1. The number of unbranched alkanes of at least 4 members (excludes halogenated alkanes) is 1. The molecule has 2 saturated carbocycles. The first-order chi connectivity index (χ1) is 23.3. The average molecular weight is 672 g/mol. The highest BCUT2D eigenvalue weighted by Crippen LogP contribution is 2.34. The molecule has 2 aliphatic carbocycles. The summed E-state index contributed by atoms with van der Waals surface area (Å²) in [6.45, 7) is 4.58. The molecule has 2 heterocycles. The molecule has 3 aromatic rings. The number of nitrogens with zero attached hydrogens (tertiary/aromatic N) is 3. The maximum absolute atomic E-state index is 14.6. The van der Waals surface area contributed by atoms with E-state index in [0.717, 1.165) is 55.6 Å². The van der Waals surface area contributed by atoms with Gasteiger partial charge < -0.3 is 10.1 Å². The number of allylic oxidation sites excluding steroid dienone is 1. The molecule has 1 atom stereocenters. The predicted molar refractivity (Wildman–Crippen MR) is 186 cm³/mol. The van der Waals surface area contributed by atoms with Crippen molar-refractivity contribution in [2.24, 2.45) is 10.9 Å². The molecule has 1 amide bonds. The molecule has 1 aromatic heterocycles. The molecule has 1 unspecified atom stereocenters. The van der Waals surface area contributed by atoms with Gasteiger partial charge in [-0.25, -0.2) is 23.1 Å². The topological polar surface area (TPSA) is 132 Å². The van der Waals surface area contributed by atoms with Crippen molar-refractivity contribution in [3.63, 3.8) is 0 Å². The van der Waals surface area contributed by atoms with Crippen molar-refractivity contribution < 1.29 is 17.9 Å². The fourth-order valence-electron chi connectivity index (χ4n) is 6.58. The van der Waals surface area contributed by atoms with Crippen molar-refractivity contribution in [1.82, 2.24) is 19.6 Å². The van der Waals surface area contributed by atoms with Crippen LogP contribution in [0.4, 0.5) is 0 Å². The molecule has 6 rings (SSSR count). The number of hydrogen-bond donors (Lipinski definition) is 2. The number of hydrogen-bond acceptors (Lipinski definition) is 8. The monoisotopic (exact) mass is 671 g/mol. The molecule has 48 heavy (non-hydrogen) atoms. The highest BCUT2D eigenvalue weighted by Gasteiger charge is 2.33. The zero-order valence-corrected chi connectivity index (χ0v) is 28.6. The number of carbonyl (C=O) groups excluding carboxylic acids is 1. The highest BCUT2D eigenvalue weighted by atomic mass is 32.2. The van der Waals surface area contributed by atoms with Crippen molar-refractivity contribution >= 4 is 22.1 Å². The molecule has 2 aromatic carbocycles. The van der Waals surface area contributed by atoms with Gasteiger partial charge in [0.05, 0.1) is 23.4 Å². The van der Waals surface area contributed by atoms with Crippen LogP contribution >= 0.6 is 0 Å². The highest BCUT2D eigenvalue weighted by molar-refractivity contribution is 7.90. The molecule has 2 fully saturated rings. The third-order valence-corrected chi connectivity index (χ3v) is 10.7. The van der Waals surface area contributed by atoms with Gasteiger partial charge >= 0.3 is 0 Å². The Hall–Kier alpha value is -4.25. The van der Waals surface area contributed by atoms with E-state index in [1.54, 1.807) is 35.2 Å². The molecule has 11 heteroatoms. The fourth-order valence-corrected chi connectivity index (χ4v) is 7.85. The van der Waals surface area contributed by atoms with Crippen molar-refractivity contribution in [3.05, 3.63) is 93.5 Å². The molecule has 10 nitrogen and oxygen atoms in total. The van der Waals surface area contributed by atoms with E-state index in [4.69, 9.17) is 9.72 Å². The summed E-state index contributed by atoms with van der Waals surface area (Å²) in [6.07, 6.45) is 12.7. The maximum Gasteiger partial charge on any atom is 0.264 e. The van der Waals surface area contributed by atoms with Crippen LogP contribution in [0.3, 0.4) is 0 Å². The molecule has 1 aliphatic heterocycles. The molecule has 0 spiro atoms. The normalized spacial score (nSPS) is 18.2. The van der Waals surface area contributed by atoms with Crippen molar-refractivity contribution in [3.8, 4) is 11.1 Å². The Labute approximate surface area is 282 Å². The van der Waals surface area contributed by atoms with Gasteiger partial charge in [0.15, 0.2) is 5.76 Å². The van der Waals surface area contributed by atoms with E-state index < -0.39 is 22.2 Å². The van der Waals surface area contributed by atoms with Gasteiger partial charge in [0.25, 0.3) is 15.6 Å². The van der Waals surface area contributed by atoms with Crippen LogP contribution in [0.1, 0.15) is 106 Å². The number of rotatable bonds is 13. The molecule has 0 radical (unpaired) electrons. The number of amides is 1. The minimum atomic E-state index is -4.04. The van der Waals surface area contributed by atoms with Gasteiger partial charge in [-0.2, -0.15) is 0 Å². The van der Waals surface area contributed by atoms with E-state index in [0.29, 0.717) is 54.7 Å². The van der Waals surface area contributed by atoms with Crippen LogP contribution < -0.4 is 15.6 Å². The standard InChI is InChI=1S/C37H45N5O5S/c1-3-5-14-32-31(36(44)42(34(40-32)27-11-7-6-8-12-27)37-38-23-29(24-39-37)47-4-2)22-25-16-18-26(19-17-25)30-13-9-10-15-33(30)48(45,46)41-35(43)28-20-21-28/h9-10,13,15-19,23-24,27-28,37-38H,3-8,11-12,14,20-22H2,1-2H3,(H,41,43). The van der Waals surface area contributed by atoms with Crippen LogP contribution in [0.5, 0.6) is 0 Å². The Kier molecular flexibility index (Phi) is 10.4. The lowest BCUT2D eigenvalue weighted by Crippen LogP contribution is -2.39. The summed E-state index contributed by atoms with van der Waals surface area (Å²) in [6, 6.07) is 14.3. The first-order valence-electron chi connectivity index (χ1n) is 17.3. The molecule has 0 saturated heterocycles. The Balaban J connectivity index is 1.34. The van der Waals surface area contributed by atoms with Gasteiger partial charge in [-0.3, -0.25) is 14.2 Å². The number of aliphatic imine (C=N–C) groups is 1. The third-order valence-electron chi connectivity index (χ3n) is 9.34. The second-order valence-electron chi connectivity index (χ2n) is 12.9. The fraction of sp³-hybridized carbons (Fsp3) is 0.459. The number of aromatic nitrogens is 2. The second kappa shape index (κ2) is 14.9. The van der Waals surface area contributed by atoms with Gasteiger partial charge in [0.2, 0.25) is 12.2 Å². The smallest absolute Gasteiger partial charge is 0.264 e. The first-order valence-corrected chi connectivity index (χ1v) is 18.8. The summed E-state index contributed by atoms with van der Waals surface area (Å²) in [5.74, 6) is 0.939. The lowest BCUT2D eigenvalue weighted by Gasteiger charge is -2.29. The van der Waals surface area contributed by atoms with Gasteiger partial charge in [0, 0.05) is 35.6 Å². The van der Waals surface area contributed by atoms with Crippen molar-refractivity contribution in [1.29, 1.82) is 0 Å². The molecule has 2 N–H and O–H groups in total. The average Bonchev–Trinajstić information content (AvgIpc) is 3.96. The van der Waals surface area contributed by atoms with Crippen molar-refractivity contribution in [2.75, 3.05) is 6.61 Å².